The third-order valence-electron chi connectivity index (χ3n) is 9.08. The van der Waals surface area contributed by atoms with Crippen LogP contribution in [0.2, 0.25) is 0 Å². The van der Waals surface area contributed by atoms with Gasteiger partial charge in [0, 0.05) is 19.3 Å². The molecule has 0 saturated heterocycles. The molecule has 0 aliphatic heterocycles. The fraction of sp³-hybridized carbons (Fsp3) is 0.925. The van der Waals surface area contributed by atoms with Gasteiger partial charge in [-0.3, -0.25) is 14.4 Å². The van der Waals surface area contributed by atoms with Crippen molar-refractivity contribution in [3.05, 3.63) is 0 Å². The second-order valence-electron chi connectivity index (χ2n) is 14.3. The Kier molecular flexibility index (Phi) is 32.2. The molecule has 0 spiro atoms. The van der Waals surface area contributed by atoms with Gasteiger partial charge >= 0.3 is 17.9 Å². The van der Waals surface area contributed by atoms with Crippen molar-refractivity contribution in [1.29, 1.82) is 0 Å². The zero-order valence-electron chi connectivity index (χ0n) is 31.2. The van der Waals surface area contributed by atoms with Crippen LogP contribution >= 0.6 is 0 Å². The summed E-state index contributed by atoms with van der Waals surface area (Å²) in [6.07, 6.45) is 28.3. The molecule has 0 aromatic heterocycles. The van der Waals surface area contributed by atoms with E-state index in [1.807, 2.05) is 0 Å². The molecule has 0 N–H and O–H groups in total. The van der Waals surface area contributed by atoms with Crippen LogP contribution < -0.4 is 0 Å². The summed E-state index contributed by atoms with van der Waals surface area (Å²) in [7, 11) is 0. The molecular weight excluding hydrogens is 576 g/mol. The van der Waals surface area contributed by atoms with Gasteiger partial charge < -0.3 is 14.2 Å². The SMILES string of the molecule is CCCCCCCC(=O)O[C@@H](COC(=O)CCCCCCCCCCC(C)C)COC(=O)CCCCCCCCCCC(C)CC. The summed E-state index contributed by atoms with van der Waals surface area (Å²) in [4.78, 5) is 37.2. The standard InChI is InChI=1S/C40H76O6/c1-6-8-9-18-27-32-40(43)46-37(33-44-38(41)30-25-21-16-12-10-14-19-23-28-35(3)4)34-45-39(42)31-26-22-17-13-11-15-20-24-29-36(5)7-2/h35-37H,6-34H2,1-5H3/t36?,37-/m0/s1. The monoisotopic (exact) mass is 653 g/mol. The molecule has 0 aliphatic carbocycles. The third-order valence-corrected chi connectivity index (χ3v) is 9.08. The Balaban J connectivity index is 4.24. The number of unbranched alkanes of at least 4 members (excludes halogenated alkanes) is 18. The van der Waals surface area contributed by atoms with Crippen molar-refractivity contribution in [3.63, 3.8) is 0 Å². The first kappa shape index (κ1) is 44.4. The van der Waals surface area contributed by atoms with Crippen molar-refractivity contribution >= 4 is 17.9 Å². The van der Waals surface area contributed by atoms with Crippen molar-refractivity contribution in [1.82, 2.24) is 0 Å². The normalized spacial score (nSPS) is 12.7. The van der Waals surface area contributed by atoms with Gasteiger partial charge in [-0.1, -0.05) is 169 Å². The van der Waals surface area contributed by atoms with Crippen LogP contribution in [0.3, 0.4) is 0 Å². The van der Waals surface area contributed by atoms with E-state index in [-0.39, 0.29) is 31.1 Å². The highest BCUT2D eigenvalue weighted by molar-refractivity contribution is 5.71. The molecule has 0 aliphatic rings. The zero-order valence-corrected chi connectivity index (χ0v) is 31.2. The van der Waals surface area contributed by atoms with E-state index in [1.165, 1.54) is 89.9 Å². The minimum absolute atomic E-state index is 0.0680. The summed E-state index contributed by atoms with van der Waals surface area (Å²) in [5, 5.41) is 0. The molecule has 46 heavy (non-hydrogen) atoms. The number of hydrogen-bond acceptors (Lipinski definition) is 6. The molecule has 0 saturated carbocycles. The Bertz CT molecular complexity index is 706. The van der Waals surface area contributed by atoms with E-state index in [1.54, 1.807) is 0 Å². The quantitative estimate of drug-likeness (QED) is 0.0391. The molecular formula is C40H76O6. The van der Waals surface area contributed by atoms with Crippen LogP contribution in [0.5, 0.6) is 0 Å². The molecule has 2 atom stereocenters. The highest BCUT2D eigenvalue weighted by atomic mass is 16.6. The van der Waals surface area contributed by atoms with E-state index in [4.69, 9.17) is 14.2 Å². The minimum Gasteiger partial charge on any atom is -0.462 e. The van der Waals surface area contributed by atoms with E-state index in [9.17, 15) is 14.4 Å². The second kappa shape index (κ2) is 33.3. The molecule has 0 fully saturated rings. The summed E-state index contributed by atoms with van der Waals surface area (Å²) in [6.45, 7) is 11.2. The summed E-state index contributed by atoms with van der Waals surface area (Å²) >= 11 is 0. The van der Waals surface area contributed by atoms with E-state index >= 15 is 0 Å². The maximum absolute atomic E-state index is 12.5. The fourth-order valence-corrected chi connectivity index (χ4v) is 5.66. The van der Waals surface area contributed by atoms with Crippen molar-refractivity contribution in [2.45, 2.75) is 214 Å². The van der Waals surface area contributed by atoms with E-state index in [0.29, 0.717) is 19.3 Å². The Hall–Kier alpha value is -1.59. The lowest BCUT2D eigenvalue weighted by molar-refractivity contribution is -0.167. The highest BCUT2D eigenvalue weighted by Crippen LogP contribution is 2.16. The second-order valence-corrected chi connectivity index (χ2v) is 14.3. The Morgan fingerprint density at radius 1 is 0.457 bits per heavy atom. The Labute approximate surface area is 285 Å². The Morgan fingerprint density at radius 2 is 0.826 bits per heavy atom. The van der Waals surface area contributed by atoms with Gasteiger partial charge in [0.25, 0.3) is 0 Å². The van der Waals surface area contributed by atoms with Crippen LogP contribution in [0.15, 0.2) is 0 Å². The van der Waals surface area contributed by atoms with Gasteiger partial charge in [-0.25, -0.2) is 0 Å². The lowest BCUT2D eigenvalue weighted by Gasteiger charge is -2.18. The van der Waals surface area contributed by atoms with Gasteiger partial charge in [-0.15, -0.1) is 0 Å². The van der Waals surface area contributed by atoms with Crippen LogP contribution in [-0.2, 0) is 28.6 Å². The molecule has 0 bridgehead atoms. The average Bonchev–Trinajstić information content (AvgIpc) is 3.03. The highest BCUT2D eigenvalue weighted by Gasteiger charge is 2.19. The lowest BCUT2D eigenvalue weighted by Crippen LogP contribution is -2.30. The molecule has 0 amide bonds. The van der Waals surface area contributed by atoms with Gasteiger partial charge in [-0.2, -0.15) is 0 Å². The van der Waals surface area contributed by atoms with Gasteiger partial charge in [0.15, 0.2) is 6.10 Å². The summed E-state index contributed by atoms with van der Waals surface area (Å²) in [5.74, 6) is 0.762. The summed E-state index contributed by atoms with van der Waals surface area (Å²) < 4.78 is 16.5. The van der Waals surface area contributed by atoms with Gasteiger partial charge in [0.1, 0.15) is 13.2 Å². The summed E-state index contributed by atoms with van der Waals surface area (Å²) in [6, 6.07) is 0. The van der Waals surface area contributed by atoms with Crippen LogP contribution in [0.4, 0.5) is 0 Å². The van der Waals surface area contributed by atoms with Crippen molar-refractivity contribution < 1.29 is 28.6 Å². The molecule has 1 unspecified atom stereocenters. The average molecular weight is 653 g/mol. The molecule has 0 rings (SSSR count). The molecule has 0 radical (unpaired) electrons. The van der Waals surface area contributed by atoms with Crippen molar-refractivity contribution in [3.8, 4) is 0 Å². The maximum Gasteiger partial charge on any atom is 0.306 e. The Morgan fingerprint density at radius 3 is 1.24 bits per heavy atom. The van der Waals surface area contributed by atoms with Crippen molar-refractivity contribution in [2.75, 3.05) is 13.2 Å². The van der Waals surface area contributed by atoms with Crippen molar-refractivity contribution in [2.24, 2.45) is 11.8 Å². The third kappa shape index (κ3) is 32.4. The first-order valence-electron chi connectivity index (χ1n) is 19.8. The number of carbonyl (C=O) groups is 3. The first-order chi connectivity index (χ1) is 22.3. The predicted octanol–water partition coefficient (Wildman–Crippen LogP) is 11.8. The molecule has 6 heteroatoms. The van der Waals surface area contributed by atoms with Crippen LogP contribution in [0.1, 0.15) is 208 Å². The van der Waals surface area contributed by atoms with E-state index < -0.39 is 6.10 Å². The molecule has 0 aromatic rings. The number of hydrogen-bond donors (Lipinski definition) is 0. The van der Waals surface area contributed by atoms with Crippen LogP contribution in [0.25, 0.3) is 0 Å². The largest absolute Gasteiger partial charge is 0.462 e. The number of esters is 3. The number of ether oxygens (including phenoxy) is 3. The lowest BCUT2D eigenvalue weighted by atomic mass is 9.99. The molecule has 0 heterocycles. The number of carbonyl (C=O) groups excluding carboxylic acids is 3. The van der Waals surface area contributed by atoms with Crippen LogP contribution in [-0.4, -0.2) is 37.2 Å². The fourth-order valence-electron chi connectivity index (χ4n) is 5.66. The molecule has 272 valence electrons. The maximum atomic E-state index is 12.5. The number of rotatable bonds is 34. The van der Waals surface area contributed by atoms with Crippen LogP contribution in [0, 0.1) is 11.8 Å². The topological polar surface area (TPSA) is 78.9 Å². The summed E-state index contributed by atoms with van der Waals surface area (Å²) in [5.41, 5.74) is 0. The van der Waals surface area contributed by atoms with Gasteiger partial charge in [0.2, 0.25) is 0 Å². The first-order valence-corrected chi connectivity index (χ1v) is 19.8. The van der Waals surface area contributed by atoms with E-state index in [0.717, 1.165) is 76.0 Å². The molecule has 0 aromatic carbocycles. The van der Waals surface area contributed by atoms with Gasteiger partial charge in [-0.05, 0) is 31.1 Å². The molecule has 6 nitrogen and oxygen atoms in total. The minimum atomic E-state index is -0.757. The van der Waals surface area contributed by atoms with E-state index in [2.05, 4.69) is 34.6 Å². The van der Waals surface area contributed by atoms with Gasteiger partial charge in [0.05, 0.1) is 0 Å². The predicted molar refractivity (Wildman–Crippen MR) is 192 cm³/mol. The smallest absolute Gasteiger partial charge is 0.306 e. The zero-order chi connectivity index (χ0) is 34.1.